The lowest BCUT2D eigenvalue weighted by Crippen LogP contribution is -2.13. The number of para-hydroxylation sites is 3. The molecular formula is C62H47NO. The number of benzene rings is 10. The molecule has 10 aromatic carbocycles. The van der Waals surface area contributed by atoms with Gasteiger partial charge >= 0.3 is 0 Å². The highest BCUT2D eigenvalue weighted by molar-refractivity contribution is 6.13. The molecule has 0 amide bonds. The summed E-state index contributed by atoms with van der Waals surface area (Å²) in [7, 11) is 0. The van der Waals surface area contributed by atoms with Crippen LogP contribution in [-0.4, -0.2) is 0 Å². The molecule has 1 aromatic heterocycles. The smallest absolute Gasteiger partial charge is 0.136 e. The molecule has 0 saturated heterocycles. The second kappa shape index (κ2) is 16.2. The highest BCUT2D eigenvalue weighted by atomic mass is 16.3. The molecule has 2 nitrogen and oxygen atoms in total. The maximum atomic E-state index is 6.34. The molecule has 1 fully saturated rings. The Morgan fingerprint density at radius 2 is 0.844 bits per heavy atom. The molecule has 12 rings (SSSR count). The van der Waals surface area contributed by atoms with E-state index in [1.165, 1.54) is 92.6 Å². The molecule has 0 N–H and O–H groups in total. The van der Waals surface area contributed by atoms with Crippen molar-refractivity contribution in [3.63, 3.8) is 0 Å². The van der Waals surface area contributed by atoms with Crippen LogP contribution in [0.5, 0.6) is 0 Å². The maximum absolute atomic E-state index is 6.34. The molecule has 0 unspecified atom stereocenters. The van der Waals surface area contributed by atoms with Crippen LogP contribution in [0.4, 0.5) is 17.1 Å². The van der Waals surface area contributed by atoms with Gasteiger partial charge in [-0.2, -0.15) is 0 Å². The highest BCUT2D eigenvalue weighted by Gasteiger charge is 2.25. The highest BCUT2D eigenvalue weighted by Crippen LogP contribution is 2.49. The van der Waals surface area contributed by atoms with E-state index in [0.29, 0.717) is 5.92 Å². The Kier molecular flexibility index (Phi) is 9.64. The molecule has 11 aromatic rings. The van der Waals surface area contributed by atoms with Crippen LogP contribution in [0.2, 0.25) is 0 Å². The van der Waals surface area contributed by atoms with Crippen LogP contribution >= 0.6 is 0 Å². The predicted molar refractivity (Wildman–Crippen MR) is 271 cm³/mol. The van der Waals surface area contributed by atoms with Gasteiger partial charge in [-0.05, 0) is 116 Å². The van der Waals surface area contributed by atoms with Gasteiger partial charge in [0.15, 0.2) is 0 Å². The summed E-state index contributed by atoms with van der Waals surface area (Å²) < 4.78 is 6.34. The van der Waals surface area contributed by atoms with Gasteiger partial charge in [0.2, 0.25) is 0 Å². The molecule has 306 valence electrons. The lowest BCUT2D eigenvalue weighted by molar-refractivity contribution is 0.445. The largest absolute Gasteiger partial charge is 0.456 e. The Balaban J connectivity index is 1.09. The van der Waals surface area contributed by atoms with Gasteiger partial charge in [0.25, 0.3) is 0 Å². The predicted octanol–water partition coefficient (Wildman–Crippen LogP) is 18.1. The van der Waals surface area contributed by atoms with Gasteiger partial charge in [-0.25, -0.2) is 0 Å². The Bertz CT molecular complexity index is 3470. The zero-order valence-corrected chi connectivity index (χ0v) is 35.8. The summed E-state index contributed by atoms with van der Waals surface area (Å²) in [4.78, 5) is 2.51. The third-order valence-corrected chi connectivity index (χ3v) is 13.7. The van der Waals surface area contributed by atoms with Crippen molar-refractivity contribution in [3.8, 4) is 44.5 Å². The van der Waals surface area contributed by atoms with Crippen molar-refractivity contribution < 1.29 is 4.42 Å². The maximum Gasteiger partial charge on any atom is 0.136 e. The van der Waals surface area contributed by atoms with Gasteiger partial charge in [-0.1, -0.05) is 201 Å². The third-order valence-electron chi connectivity index (χ3n) is 13.7. The van der Waals surface area contributed by atoms with E-state index in [1.54, 1.807) is 0 Å². The van der Waals surface area contributed by atoms with Crippen LogP contribution in [0.15, 0.2) is 223 Å². The van der Waals surface area contributed by atoms with Crippen molar-refractivity contribution in [3.05, 3.63) is 224 Å². The lowest BCUT2D eigenvalue weighted by Gasteiger charge is -2.31. The van der Waals surface area contributed by atoms with Gasteiger partial charge in [0.05, 0.1) is 11.4 Å². The summed E-state index contributed by atoms with van der Waals surface area (Å²) in [6, 6.07) is 80.1. The van der Waals surface area contributed by atoms with E-state index in [2.05, 4.69) is 217 Å². The number of nitrogens with zero attached hydrogens (tertiary/aromatic N) is 1. The normalized spacial score (nSPS) is 13.2. The number of hydrogen-bond acceptors (Lipinski definition) is 2. The molecule has 0 spiro atoms. The first kappa shape index (κ1) is 38.0. The lowest BCUT2D eigenvalue weighted by atomic mass is 9.80. The van der Waals surface area contributed by atoms with Crippen LogP contribution in [0.25, 0.3) is 88.0 Å². The Morgan fingerprint density at radius 1 is 0.344 bits per heavy atom. The van der Waals surface area contributed by atoms with E-state index in [9.17, 15) is 0 Å². The second-order valence-corrected chi connectivity index (χ2v) is 17.4. The molecule has 1 aliphatic carbocycles. The van der Waals surface area contributed by atoms with Crippen molar-refractivity contribution in [1.29, 1.82) is 0 Å². The Hall–Kier alpha value is -7.68. The van der Waals surface area contributed by atoms with Gasteiger partial charge in [0.1, 0.15) is 11.2 Å². The summed E-state index contributed by atoms with van der Waals surface area (Å²) in [5.74, 6) is 0.567. The van der Waals surface area contributed by atoms with Crippen LogP contribution in [0, 0.1) is 0 Å². The summed E-state index contributed by atoms with van der Waals surface area (Å²) in [6.07, 6.45) is 6.43. The van der Waals surface area contributed by atoms with E-state index in [0.717, 1.165) is 50.1 Å². The van der Waals surface area contributed by atoms with Crippen molar-refractivity contribution in [2.24, 2.45) is 0 Å². The fraction of sp³-hybridized carbons (Fsp3) is 0.0968. The molecule has 2 heteroatoms. The molecule has 0 aliphatic heterocycles. The molecule has 0 atom stereocenters. The monoisotopic (exact) mass is 821 g/mol. The minimum atomic E-state index is 0.567. The zero-order valence-electron chi connectivity index (χ0n) is 35.8. The van der Waals surface area contributed by atoms with E-state index in [1.807, 2.05) is 6.07 Å². The molecule has 1 saturated carbocycles. The summed E-state index contributed by atoms with van der Waals surface area (Å²) >= 11 is 0. The number of anilines is 3. The van der Waals surface area contributed by atoms with E-state index < -0.39 is 0 Å². The van der Waals surface area contributed by atoms with E-state index in [-0.39, 0.29) is 0 Å². The van der Waals surface area contributed by atoms with Crippen LogP contribution < -0.4 is 4.90 Å². The molecule has 0 radical (unpaired) electrons. The van der Waals surface area contributed by atoms with Gasteiger partial charge < -0.3 is 9.32 Å². The zero-order chi connectivity index (χ0) is 42.4. The van der Waals surface area contributed by atoms with Gasteiger partial charge in [-0.15, -0.1) is 0 Å². The fourth-order valence-electron chi connectivity index (χ4n) is 10.8. The van der Waals surface area contributed by atoms with Crippen molar-refractivity contribution in [2.75, 3.05) is 4.90 Å². The summed E-state index contributed by atoms with van der Waals surface area (Å²) in [5, 5.41) is 7.44. The first-order valence-electron chi connectivity index (χ1n) is 22.9. The minimum absolute atomic E-state index is 0.567. The van der Waals surface area contributed by atoms with Crippen molar-refractivity contribution >= 4 is 60.5 Å². The molecule has 1 aliphatic rings. The average molecular weight is 822 g/mol. The number of rotatable bonds is 8. The molecular weight excluding hydrogens is 775 g/mol. The second-order valence-electron chi connectivity index (χ2n) is 17.4. The van der Waals surface area contributed by atoms with E-state index in [4.69, 9.17) is 4.42 Å². The number of fused-ring (bicyclic) bond motifs is 5. The topological polar surface area (TPSA) is 16.4 Å². The Morgan fingerprint density at radius 3 is 1.55 bits per heavy atom. The SMILES string of the molecule is c1ccc(-c2cccc3cccc(-c4ccccc4N(c4ccc(-c5cccc6oc7ccccc7c56)cc4)c4ccccc4-c4cccc5cccc(C6CCCCC6)c45)c23)cc1. The van der Waals surface area contributed by atoms with Crippen LogP contribution in [0.3, 0.4) is 0 Å². The quantitative estimate of drug-likeness (QED) is 0.152. The first-order valence-corrected chi connectivity index (χ1v) is 22.9. The molecule has 0 bridgehead atoms. The summed E-state index contributed by atoms with van der Waals surface area (Å²) in [6.45, 7) is 0. The Labute approximate surface area is 374 Å². The molecule has 1 heterocycles. The fourth-order valence-corrected chi connectivity index (χ4v) is 10.8. The standard InChI is InChI=1S/C62H47NO/c1-3-18-42(19-4-1)48-29-13-22-45-24-15-32-53(60(45)48)51-26-7-10-34-56(51)63(47-40-38-44(39-41-47)50-31-17-37-59-62(50)55-28-9-12-36-58(55)64-59)57-35-11-8-27-52(57)54-33-16-25-46-23-14-30-49(61(46)54)43-20-5-2-6-21-43/h1,3-4,7-19,22-41,43H,2,5-6,20-21H2. The summed E-state index contributed by atoms with van der Waals surface area (Å²) in [5.41, 5.74) is 16.3. The van der Waals surface area contributed by atoms with Crippen LogP contribution in [-0.2, 0) is 0 Å². The molecule has 64 heavy (non-hydrogen) atoms. The van der Waals surface area contributed by atoms with Gasteiger partial charge in [-0.3, -0.25) is 0 Å². The first-order chi connectivity index (χ1) is 31.8. The van der Waals surface area contributed by atoms with Crippen molar-refractivity contribution in [1.82, 2.24) is 0 Å². The number of hydrogen-bond donors (Lipinski definition) is 0. The average Bonchev–Trinajstić information content (AvgIpc) is 3.76. The van der Waals surface area contributed by atoms with Crippen molar-refractivity contribution in [2.45, 2.75) is 38.0 Å². The third kappa shape index (κ3) is 6.57. The van der Waals surface area contributed by atoms with Crippen LogP contribution in [0.1, 0.15) is 43.6 Å². The number of furan rings is 1. The minimum Gasteiger partial charge on any atom is -0.456 e. The van der Waals surface area contributed by atoms with E-state index >= 15 is 0 Å². The van der Waals surface area contributed by atoms with Gasteiger partial charge in [0, 0.05) is 27.6 Å².